The molecule has 1 fully saturated rings. The van der Waals surface area contributed by atoms with Crippen molar-refractivity contribution in [2.45, 2.75) is 19.2 Å². The lowest BCUT2D eigenvalue weighted by molar-refractivity contribution is -0.153. The number of carbonyl (C=O) groups is 1. The second-order valence-electron chi connectivity index (χ2n) is 5.09. The molecule has 1 heterocycles. The summed E-state index contributed by atoms with van der Waals surface area (Å²) in [6, 6.07) is 4.01. The lowest BCUT2D eigenvalue weighted by Crippen LogP contribution is -2.44. The third-order valence-electron chi connectivity index (χ3n) is 3.18. The predicted molar refractivity (Wildman–Crippen MR) is 73.7 cm³/mol. The molecule has 1 atom stereocenters. The first kappa shape index (κ1) is 16.4. The summed E-state index contributed by atoms with van der Waals surface area (Å²) < 4.78 is 46.3. The number of morpholine rings is 1. The Morgan fingerprint density at radius 2 is 2.23 bits per heavy atom. The van der Waals surface area contributed by atoms with Crippen molar-refractivity contribution in [1.82, 2.24) is 4.90 Å². The van der Waals surface area contributed by atoms with Crippen molar-refractivity contribution in [2.24, 2.45) is 0 Å². The number of hydrogen-bond acceptors (Lipinski definition) is 4. The van der Waals surface area contributed by atoms with Gasteiger partial charge in [-0.2, -0.15) is 13.2 Å². The molecule has 122 valence electrons. The van der Waals surface area contributed by atoms with Crippen LogP contribution < -0.4 is 10.5 Å². The van der Waals surface area contributed by atoms with Crippen LogP contribution >= 0.6 is 0 Å². The lowest BCUT2D eigenvalue weighted by Gasteiger charge is -2.31. The molecule has 1 unspecified atom stereocenters. The second-order valence-corrected chi connectivity index (χ2v) is 5.09. The summed E-state index contributed by atoms with van der Waals surface area (Å²) in [4.78, 5) is 13.9. The quantitative estimate of drug-likeness (QED) is 0.867. The van der Waals surface area contributed by atoms with Crippen molar-refractivity contribution in [3.63, 3.8) is 0 Å². The van der Waals surface area contributed by atoms with Gasteiger partial charge in [-0.1, -0.05) is 0 Å². The molecule has 8 heteroatoms. The standard InChI is InChI=1S/C14H17F3N2O3/c1-9-7-19(4-5-21-9)13(20)10-2-3-12(11(18)6-10)22-8-14(15,16)17/h2-3,6,9H,4-5,7-8,18H2,1H3. The van der Waals surface area contributed by atoms with Gasteiger partial charge in [0.25, 0.3) is 5.91 Å². The van der Waals surface area contributed by atoms with Gasteiger partial charge < -0.3 is 20.1 Å². The topological polar surface area (TPSA) is 64.8 Å². The maximum Gasteiger partial charge on any atom is 0.422 e. The summed E-state index contributed by atoms with van der Waals surface area (Å²) in [5, 5.41) is 0. The molecule has 1 amide bonds. The molecule has 0 spiro atoms. The fourth-order valence-electron chi connectivity index (χ4n) is 2.16. The van der Waals surface area contributed by atoms with Crippen LogP contribution in [0.5, 0.6) is 5.75 Å². The fraction of sp³-hybridized carbons (Fsp3) is 0.500. The Hall–Kier alpha value is -1.96. The average molecular weight is 318 g/mol. The van der Waals surface area contributed by atoms with E-state index in [0.717, 1.165) is 0 Å². The molecule has 1 aromatic rings. The number of amides is 1. The van der Waals surface area contributed by atoms with E-state index in [4.69, 9.17) is 10.5 Å². The minimum Gasteiger partial charge on any atom is -0.482 e. The van der Waals surface area contributed by atoms with Gasteiger partial charge in [-0.3, -0.25) is 4.79 Å². The molecular weight excluding hydrogens is 301 g/mol. The molecule has 1 aliphatic rings. The van der Waals surface area contributed by atoms with Crippen LogP contribution in [0.2, 0.25) is 0 Å². The molecule has 22 heavy (non-hydrogen) atoms. The molecule has 1 saturated heterocycles. The van der Waals surface area contributed by atoms with Crippen LogP contribution in [0, 0.1) is 0 Å². The summed E-state index contributed by atoms with van der Waals surface area (Å²) in [6.07, 6.45) is -4.49. The Balaban J connectivity index is 2.06. The van der Waals surface area contributed by atoms with Crippen molar-refractivity contribution >= 4 is 11.6 Å². The number of rotatable bonds is 3. The molecule has 0 bridgehead atoms. The van der Waals surface area contributed by atoms with Gasteiger partial charge in [0, 0.05) is 18.7 Å². The Bertz CT molecular complexity index is 549. The smallest absolute Gasteiger partial charge is 0.422 e. The van der Waals surface area contributed by atoms with E-state index in [1.807, 2.05) is 6.92 Å². The fourth-order valence-corrected chi connectivity index (χ4v) is 2.16. The summed E-state index contributed by atoms with van der Waals surface area (Å²) in [6.45, 7) is 1.82. The Morgan fingerprint density at radius 3 is 2.82 bits per heavy atom. The molecule has 0 saturated carbocycles. The molecule has 1 aliphatic heterocycles. The molecule has 0 aromatic heterocycles. The number of nitrogens with two attached hydrogens (primary N) is 1. The van der Waals surface area contributed by atoms with Gasteiger partial charge in [-0.25, -0.2) is 0 Å². The molecule has 1 aromatic carbocycles. The SMILES string of the molecule is CC1CN(C(=O)c2ccc(OCC(F)(F)F)c(N)c2)CCO1. The van der Waals surface area contributed by atoms with E-state index in [0.29, 0.717) is 25.3 Å². The number of anilines is 1. The number of nitrogens with zero attached hydrogens (tertiary/aromatic N) is 1. The van der Waals surface area contributed by atoms with Crippen molar-refractivity contribution in [1.29, 1.82) is 0 Å². The highest BCUT2D eigenvalue weighted by atomic mass is 19.4. The van der Waals surface area contributed by atoms with E-state index in [1.165, 1.54) is 18.2 Å². The first-order valence-electron chi connectivity index (χ1n) is 6.76. The minimum atomic E-state index is -4.44. The highest BCUT2D eigenvalue weighted by Crippen LogP contribution is 2.26. The van der Waals surface area contributed by atoms with E-state index in [-0.39, 0.29) is 23.4 Å². The van der Waals surface area contributed by atoms with Crippen molar-refractivity contribution in [3.8, 4) is 5.75 Å². The second kappa shape index (κ2) is 6.43. The van der Waals surface area contributed by atoms with Gasteiger partial charge in [0.05, 0.1) is 18.4 Å². The third kappa shape index (κ3) is 4.27. The van der Waals surface area contributed by atoms with Crippen LogP contribution in [0.3, 0.4) is 0 Å². The zero-order valence-electron chi connectivity index (χ0n) is 12.0. The first-order valence-corrected chi connectivity index (χ1v) is 6.76. The van der Waals surface area contributed by atoms with Gasteiger partial charge in [0.2, 0.25) is 0 Å². The highest BCUT2D eigenvalue weighted by molar-refractivity contribution is 5.95. The van der Waals surface area contributed by atoms with Crippen molar-refractivity contribution in [2.75, 3.05) is 32.0 Å². The van der Waals surface area contributed by atoms with E-state index >= 15 is 0 Å². The van der Waals surface area contributed by atoms with Gasteiger partial charge in [0.15, 0.2) is 6.61 Å². The van der Waals surface area contributed by atoms with Gasteiger partial charge in [-0.15, -0.1) is 0 Å². The van der Waals surface area contributed by atoms with Crippen molar-refractivity contribution in [3.05, 3.63) is 23.8 Å². The number of nitrogen functional groups attached to an aromatic ring is 1. The van der Waals surface area contributed by atoms with Crippen LogP contribution in [0.1, 0.15) is 17.3 Å². The molecule has 0 radical (unpaired) electrons. The zero-order valence-corrected chi connectivity index (χ0v) is 12.0. The van der Waals surface area contributed by atoms with Crippen molar-refractivity contribution < 1.29 is 27.4 Å². The number of ether oxygens (including phenoxy) is 2. The Morgan fingerprint density at radius 1 is 1.50 bits per heavy atom. The Kier molecular flexibility index (Phi) is 4.80. The highest BCUT2D eigenvalue weighted by Gasteiger charge is 2.29. The summed E-state index contributed by atoms with van der Waals surface area (Å²) in [5.41, 5.74) is 5.97. The summed E-state index contributed by atoms with van der Waals surface area (Å²) in [7, 11) is 0. The third-order valence-corrected chi connectivity index (χ3v) is 3.18. The van der Waals surface area contributed by atoms with Gasteiger partial charge in [-0.05, 0) is 25.1 Å². The monoisotopic (exact) mass is 318 g/mol. The normalized spacial score (nSPS) is 19.1. The predicted octanol–water partition coefficient (Wildman–Crippen LogP) is 2.07. The molecule has 0 aliphatic carbocycles. The molecular formula is C14H17F3N2O3. The summed E-state index contributed by atoms with van der Waals surface area (Å²) >= 11 is 0. The average Bonchev–Trinajstić information content (AvgIpc) is 2.44. The largest absolute Gasteiger partial charge is 0.482 e. The Labute approximate surface area is 125 Å². The van der Waals surface area contributed by atoms with Gasteiger partial charge >= 0.3 is 6.18 Å². The van der Waals surface area contributed by atoms with E-state index in [2.05, 4.69) is 4.74 Å². The van der Waals surface area contributed by atoms with Crippen LogP contribution in [0.4, 0.5) is 18.9 Å². The van der Waals surface area contributed by atoms with Crippen LogP contribution in [0.25, 0.3) is 0 Å². The van der Waals surface area contributed by atoms with Crippen LogP contribution in [0.15, 0.2) is 18.2 Å². The van der Waals surface area contributed by atoms with E-state index in [1.54, 1.807) is 4.90 Å². The maximum absolute atomic E-state index is 12.3. The molecule has 2 rings (SSSR count). The summed E-state index contributed by atoms with van der Waals surface area (Å²) in [5.74, 6) is -0.326. The zero-order chi connectivity index (χ0) is 16.3. The van der Waals surface area contributed by atoms with E-state index < -0.39 is 12.8 Å². The number of hydrogen-bond donors (Lipinski definition) is 1. The van der Waals surface area contributed by atoms with Crippen LogP contribution in [-0.2, 0) is 4.74 Å². The first-order chi connectivity index (χ1) is 10.3. The molecule has 5 nitrogen and oxygen atoms in total. The molecule has 2 N–H and O–H groups in total. The van der Waals surface area contributed by atoms with E-state index in [9.17, 15) is 18.0 Å². The number of alkyl halides is 3. The number of halogens is 3. The number of carbonyl (C=O) groups excluding carboxylic acids is 1. The minimum absolute atomic E-state index is 0.00333. The van der Waals surface area contributed by atoms with Gasteiger partial charge in [0.1, 0.15) is 5.75 Å². The number of benzene rings is 1. The lowest BCUT2D eigenvalue weighted by atomic mass is 10.1. The van der Waals surface area contributed by atoms with Crippen LogP contribution in [-0.4, -0.2) is 49.4 Å². The maximum atomic E-state index is 12.3.